The lowest BCUT2D eigenvalue weighted by molar-refractivity contribution is 0.00378. The van der Waals surface area contributed by atoms with Gasteiger partial charge in [0.05, 0.1) is 11.7 Å². The minimum Gasteiger partial charge on any atom is -0.381 e. The van der Waals surface area contributed by atoms with Gasteiger partial charge in [-0.2, -0.15) is 0 Å². The Kier molecular flexibility index (Phi) is 2.97. The maximum atomic E-state index is 11.9. The molecule has 0 aliphatic heterocycles. The Labute approximate surface area is 97.2 Å². The minimum absolute atomic E-state index is 0.0190. The molecule has 6 nitrogen and oxygen atoms in total. The van der Waals surface area contributed by atoms with Gasteiger partial charge in [0.25, 0.3) is 5.56 Å². The fourth-order valence-corrected chi connectivity index (χ4v) is 2.01. The van der Waals surface area contributed by atoms with Crippen molar-refractivity contribution in [2.24, 2.45) is 0 Å². The highest BCUT2D eigenvalue weighted by Crippen LogP contribution is 2.31. The van der Waals surface area contributed by atoms with Crippen LogP contribution in [-0.2, 0) is 4.74 Å². The molecule has 1 aliphatic rings. The molecule has 1 aromatic rings. The van der Waals surface area contributed by atoms with Gasteiger partial charge in [-0.05, 0) is 19.8 Å². The number of hydrogen-bond donors (Lipinski definition) is 1. The molecule has 1 fully saturated rings. The topological polar surface area (TPSA) is 81.2 Å². The number of carbonyl (C=O) groups excluding carboxylic acids is 1. The van der Waals surface area contributed by atoms with Crippen molar-refractivity contribution in [1.29, 1.82) is 0 Å². The molecule has 0 aromatic carbocycles. The molecule has 6 heteroatoms. The minimum atomic E-state index is -0.513. The van der Waals surface area contributed by atoms with Crippen molar-refractivity contribution in [3.63, 3.8) is 0 Å². The summed E-state index contributed by atoms with van der Waals surface area (Å²) < 4.78 is 6.22. The highest BCUT2D eigenvalue weighted by atomic mass is 16.5. The van der Waals surface area contributed by atoms with Crippen molar-refractivity contribution >= 4 is 5.78 Å². The van der Waals surface area contributed by atoms with Crippen LogP contribution in [0.3, 0.4) is 0 Å². The van der Waals surface area contributed by atoms with Crippen LogP contribution in [0.2, 0.25) is 0 Å². The molecule has 92 valence electrons. The molecular formula is C11H14N2O4. The van der Waals surface area contributed by atoms with E-state index >= 15 is 0 Å². The van der Waals surface area contributed by atoms with Gasteiger partial charge < -0.3 is 9.72 Å². The summed E-state index contributed by atoms with van der Waals surface area (Å²) in [5.74, 6) is -0.345. The number of carbonyl (C=O) groups is 1. The molecule has 1 aliphatic carbocycles. The number of H-pyrrole nitrogens is 1. The third-order valence-corrected chi connectivity index (χ3v) is 3.16. The number of ketones is 1. The number of nitrogens with one attached hydrogen (secondary N) is 1. The normalized spacial score (nSPS) is 23.2. The van der Waals surface area contributed by atoms with Gasteiger partial charge in [-0.15, -0.1) is 0 Å². The number of Topliss-reactive ketones (excluding diaryl/α,β-unsaturated/α-hetero) is 1. The smallest absolute Gasteiger partial charge is 0.328 e. The highest BCUT2D eigenvalue weighted by molar-refractivity contribution is 5.93. The van der Waals surface area contributed by atoms with Gasteiger partial charge in [0, 0.05) is 19.3 Å². The molecule has 1 saturated carbocycles. The van der Waals surface area contributed by atoms with Crippen molar-refractivity contribution in [2.75, 3.05) is 7.11 Å². The fraction of sp³-hybridized carbons (Fsp3) is 0.545. The molecule has 0 spiro atoms. The molecule has 0 atom stereocenters. The van der Waals surface area contributed by atoms with Crippen molar-refractivity contribution in [2.45, 2.75) is 31.9 Å². The lowest BCUT2D eigenvalue weighted by Crippen LogP contribution is -2.46. The number of rotatable bonds is 3. The second kappa shape index (κ2) is 4.29. The Hall–Kier alpha value is -1.69. The van der Waals surface area contributed by atoms with Gasteiger partial charge in [0.2, 0.25) is 0 Å². The Morgan fingerprint density at radius 1 is 1.47 bits per heavy atom. The third kappa shape index (κ3) is 1.95. The van der Waals surface area contributed by atoms with Gasteiger partial charge in [-0.3, -0.25) is 14.2 Å². The zero-order valence-corrected chi connectivity index (χ0v) is 9.73. The second-order valence-corrected chi connectivity index (χ2v) is 4.22. The van der Waals surface area contributed by atoms with E-state index in [4.69, 9.17) is 4.74 Å². The number of ether oxygens (including phenoxy) is 1. The zero-order chi connectivity index (χ0) is 12.6. The van der Waals surface area contributed by atoms with Gasteiger partial charge in [0.1, 0.15) is 0 Å². The van der Waals surface area contributed by atoms with Gasteiger partial charge >= 0.3 is 5.69 Å². The molecule has 1 heterocycles. The number of nitrogens with zero attached hydrogens (tertiary/aromatic N) is 1. The van der Waals surface area contributed by atoms with Crippen LogP contribution in [0.5, 0.6) is 0 Å². The SMILES string of the molecule is COC1CC(n2c(=O)[nH]cc(C(C)=O)c2=O)C1. The summed E-state index contributed by atoms with van der Waals surface area (Å²) in [7, 11) is 1.60. The van der Waals surface area contributed by atoms with Gasteiger partial charge in [-0.1, -0.05) is 0 Å². The zero-order valence-electron chi connectivity index (χ0n) is 9.73. The summed E-state index contributed by atoms with van der Waals surface area (Å²) >= 11 is 0. The summed E-state index contributed by atoms with van der Waals surface area (Å²) in [6, 6.07) is -0.171. The Bertz CT molecular complexity index is 551. The molecule has 0 amide bonds. The summed E-state index contributed by atoms with van der Waals surface area (Å²) in [6.45, 7) is 1.30. The molecule has 17 heavy (non-hydrogen) atoms. The standard InChI is InChI=1S/C11H14N2O4/c1-6(14)9-5-12-11(16)13(10(9)15)7-3-8(4-7)17-2/h5,7-8H,3-4H2,1-2H3,(H,12,16). The van der Waals surface area contributed by atoms with Crippen LogP contribution in [-0.4, -0.2) is 28.5 Å². The Balaban J connectivity index is 2.41. The van der Waals surface area contributed by atoms with Crippen LogP contribution in [0.25, 0.3) is 0 Å². The fourth-order valence-electron chi connectivity index (χ4n) is 2.01. The molecule has 0 radical (unpaired) electrons. The molecule has 1 N–H and O–H groups in total. The van der Waals surface area contributed by atoms with Crippen LogP contribution in [0, 0.1) is 0 Å². The molecule has 2 rings (SSSR count). The monoisotopic (exact) mass is 238 g/mol. The summed E-state index contributed by atoms with van der Waals surface area (Å²) in [5.41, 5.74) is -0.967. The number of hydrogen-bond acceptors (Lipinski definition) is 4. The van der Waals surface area contributed by atoms with E-state index in [1.807, 2.05) is 0 Å². The van der Waals surface area contributed by atoms with E-state index in [1.54, 1.807) is 7.11 Å². The quantitative estimate of drug-likeness (QED) is 0.757. The summed E-state index contributed by atoms with van der Waals surface area (Å²) in [5, 5.41) is 0. The number of methoxy groups -OCH3 is 1. The van der Waals surface area contributed by atoms with Crippen molar-refractivity contribution in [3.8, 4) is 0 Å². The van der Waals surface area contributed by atoms with E-state index in [-0.39, 0.29) is 23.5 Å². The molecule has 0 bridgehead atoms. The molecule has 0 saturated heterocycles. The average Bonchev–Trinajstić information content (AvgIpc) is 2.20. The van der Waals surface area contributed by atoms with Gasteiger partial charge in [0.15, 0.2) is 5.78 Å². The van der Waals surface area contributed by atoms with Gasteiger partial charge in [-0.25, -0.2) is 4.79 Å². The Morgan fingerprint density at radius 3 is 2.65 bits per heavy atom. The van der Waals surface area contributed by atoms with E-state index in [0.717, 1.165) is 4.57 Å². The Morgan fingerprint density at radius 2 is 2.12 bits per heavy atom. The number of aromatic amines is 1. The van der Waals surface area contributed by atoms with Crippen LogP contribution >= 0.6 is 0 Å². The van der Waals surface area contributed by atoms with Crippen LogP contribution in [0.4, 0.5) is 0 Å². The maximum absolute atomic E-state index is 11.9. The van der Waals surface area contributed by atoms with Crippen LogP contribution < -0.4 is 11.2 Å². The van der Waals surface area contributed by atoms with E-state index in [2.05, 4.69) is 4.98 Å². The third-order valence-electron chi connectivity index (χ3n) is 3.16. The molecular weight excluding hydrogens is 224 g/mol. The largest absolute Gasteiger partial charge is 0.381 e. The first-order chi connectivity index (χ1) is 8.04. The van der Waals surface area contributed by atoms with Crippen molar-refractivity contribution in [3.05, 3.63) is 32.6 Å². The van der Waals surface area contributed by atoms with E-state index in [0.29, 0.717) is 12.8 Å². The first-order valence-electron chi connectivity index (χ1n) is 5.42. The van der Waals surface area contributed by atoms with E-state index in [1.165, 1.54) is 13.1 Å². The van der Waals surface area contributed by atoms with Crippen molar-refractivity contribution < 1.29 is 9.53 Å². The summed E-state index contributed by atoms with van der Waals surface area (Å²) in [6.07, 6.45) is 2.52. The first-order valence-corrected chi connectivity index (χ1v) is 5.42. The van der Waals surface area contributed by atoms with E-state index < -0.39 is 11.2 Å². The summed E-state index contributed by atoms with van der Waals surface area (Å²) in [4.78, 5) is 37.2. The number of aromatic nitrogens is 2. The van der Waals surface area contributed by atoms with Crippen LogP contribution in [0.1, 0.15) is 36.2 Å². The average molecular weight is 238 g/mol. The molecule has 0 unspecified atom stereocenters. The second-order valence-electron chi connectivity index (χ2n) is 4.22. The lowest BCUT2D eigenvalue weighted by Gasteiger charge is -2.34. The van der Waals surface area contributed by atoms with E-state index in [9.17, 15) is 14.4 Å². The predicted molar refractivity (Wildman–Crippen MR) is 60.4 cm³/mol. The van der Waals surface area contributed by atoms with Crippen molar-refractivity contribution in [1.82, 2.24) is 9.55 Å². The highest BCUT2D eigenvalue weighted by Gasteiger charge is 2.33. The first kappa shape index (κ1) is 11.8. The predicted octanol–water partition coefficient (Wildman–Crippen LogP) is 0.0891. The maximum Gasteiger partial charge on any atom is 0.328 e. The lowest BCUT2D eigenvalue weighted by atomic mass is 9.89. The molecule has 1 aromatic heterocycles. The van der Waals surface area contributed by atoms with Crippen LogP contribution in [0.15, 0.2) is 15.8 Å².